The molecule has 1 spiro atoms. The Morgan fingerprint density at radius 1 is 1.04 bits per heavy atom. The van der Waals surface area contributed by atoms with Gasteiger partial charge in [0.15, 0.2) is 0 Å². The fraction of sp³-hybridized carbons (Fsp3) is 0.727. The number of fused-ring (bicyclic) bond motifs is 1. The van der Waals surface area contributed by atoms with Gasteiger partial charge in [-0.1, -0.05) is 18.2 Å². The highest BCUT2D eigenvalue weighted by molar-refractivity contribution is 5.39. The van der Waals surface area contributed by atoms with Gasteiger partial charge in [0.05, 0.1) is 0 Å². The van der Waals surface area contributed by atoms with Gasteiger partial charge in [-0.3, -0.25) is 0 Å². The van der Waals surface area contributed by atoms with E-state index in [0.29, 0.717) is 12.1 Å². The lowest BCUT2D eigenvalue weighted by atomic mass is 9.80. The van der Waals surface area contributed by atoms with E-state index in [-0.39, 0.29) is 5.60 Å². The van der Waals surface area contributed by atoms with Gasteiger partial charge in [0.2, 0.25) is 0 Å². The van der Waals surface area contributed by atoms with Crippen LogP contribution in [0.3, 0.4) is 0 Å². The zero-order valence-corrected chi connectivity index (χ0v) is 15.8. The lowest BCUT2D eigenvalue weighted by Gasteiger charge is -2.48. The van der Waals surface area contributed by atoms with Crippen LogP contribution in [0.2, 0.25) is 0 Å². The van der Waals surface area contributed by atoms with Crippen LogP contribution in [0.1, 0.15) is 56.6 Å². The van der Waals surface area contributed by atoms with Gasteiger partial charge in [0, 0.05) is 56.9 Å². The fourth-order valence-electron chi connectivity index (χ4n) is 5.03. The molecule has 4 heteroatoms. The average Bonchev–Trinajstić information content (AvgIpc) is 3.49. The van der Waals surface area contributed by atoms with Crippen molar-refractivity contribution in [3.63, 3.8) is 0 Å². The predicted octanol–water partition coefficient (Wildman–Crippen LogP) is 3.52. The van der Waals surface area contributed by atoms with Crippen molar-refractivity contribution in [3.8, 4) is 5.75 Å². The maximum absolute atomic E-state index is 6.66. The molecule has 4 aliphatic rings. The molecule has 2 saturated heterocycles. The minimum absolute atomic E-state index is 0.0250. The molecule has 142 valence electrons. The highest BCUT2D eigenvalue weighted by Gasteiger charge is 2.44. The molecule has 1 aliphatic carbocycles. The van der Waals surface area contributed by atoms with Gasteiger partial charge in [-0.25, -0.2) is 0 Å². The van der Waals surface area contributed by atoms with E-state index in [9.17, 15) is 0 Å². The quantitative estimate of drug-likeness (QED) is 0.895. The van der Waals surface area contributed by atoms with Crippen molar-refractivity contribution in [1.29, 1.82) is 0 Å². The smallest absolute Gasteiger partial charge is 0.124 e. The molecule has 4 nitrogen and oxygen atoms in total. The zero-order chi connectivity index (χ0) is 17.4. The van der Waals surface area contributed by atoms with Crippen molar-refractivity contribution in [2.75, 3.05) is 32.8 Å². The summed E-state index contributed by atoms with van der Waals surface area (Å²) < 4.78 is 12.2. The summed E-state index contributed by atoms with van der Waals surface area (Å²) in [6.45, 7) is 5.50. The van der Waals surface area contributed by atoms with Gasteiger partial charge in [-0.05, 0) is 50.5 Å². The molecule has 3 aliphatic heterocycles. The Kier molecular flexibility index (Phi) is 4.68. The van der Waals surface area contributed by atoms with Gasteiger partial charge >= 0.3 is 0 Å². The minimum Gasteiger partial charge on any atom is -0.487 e. The topological polar surface area (TPSA) is 33.7 Å². The van der Waals surface area contributed by atoms with Gasteiger partial charge < -0.3 is 19.7 Å². The number of benzene rings is 1. The number of nitrogens with one attached hydrogen (secondary N) is 1. The Hall–Kier alpha value is -1.10. The SMILES string of the molecule is c1ccc2c(c1)OC1(CCN(CC3CC3)CC1)CC2NC1CCOCC1. The minimum atomic E-state index is 0.0250. The first-order valence-electron chi connectivity index (χ1n) is 10.6. The summed E-state index contributed by atoms with van der Waals surface area (Å²) in [5, 5.41) is 3.97. The normalized spacial score (nSPS) is 29.3. The molecular weight excluding hydrogens is 324 g/mol. The van der Waals surface area contributed by atoms with Gasteiger partial charge in [0.25, 0.3) is 0 Å². The van der Waals surface area contributed by atoms with Crippen LogP contribution < -0.4 is 10.1 Å². The van der Waals surface area contributed by atoms with Crippen LogP contribution in [-0.2, 0) is 4.74 Å². The van der Waals surface area contributed by atoms with E-state index in [1.54, 1.807) is 0 Å². The summed E-state index contributed by atoms with van der Waals surface area (Å²) >= 11 is 0. The molecule has 26 heavy (non-hydrogen) atoms. The summed E-state index contributed by atoms with van der Waals surface area (Å²) in [6.07, 6.45) is 8.59. The molecule has 5 rings (SSSR count). The molecule has 1 aromatic carbocycles. The first-order chi connectivity index (χ1) is 12.8. The number of likely N-dealkylation sites (tertiary alicyclic amines) is 1. The van der Waals surface area contributed by atoms with Crippen molar-refractivity contribution < 1.29 is 9.47 Å². The van der Waals surface area contributed by atoms with Crippen molar-refractivity contribution in [2.45, 2.75) is 62.6 Å². The van der Waals surface area contributed by atoms with Crippen molar-refractivity contribution >= 4 is 0 Å². The maximum Gasteiger partial charge on any atom is 0.124 e. The number of hydrogen-bond acceptors (Lipinski definition) is 4. The Bertz CT molecular complexity index is 616. The molecule has 0 amide bonds. The third-order valence-corrected chi connectivity index (χ3v) is 6.84. The number of ether oxygens (including phenoxy) is 2. The Morgan fingerprint density at radius 2 is 1.81 bits per heavy atom. The second-order valence-corrected chi connectivity index (χ2v) is 8.88. The Balaban J connectivity index is 1.30. The second kappa shape index (κ2) is 7.14. The van der Waals surface area contributed by atoms with Gasteiger partial charge in [-0.2, -0.15) is 0 Å². The van der Waals surface area contributed by atoms with E-state index in [2.05, 4.69) is 34.5 Å². The number of rotatable bonds is 4. The summed E-state index contributed by atoms with van der Waals surface area (Å²) in [5.41, 5.74) is 1.38. The standard InChI is InChI=1S/C22H32N2O2/c1-2-4-21-19(3-1)20(23-18-7-13-25-14-8-18)15-22(26-21)9-11-24(12-10-22)16-17-5-6-17/h1-4,17-18,20,23H,5-16H2. The Labute approximate surface area is 157 Å². The van der Waals surface area contributed by atoms with E-state index in [1.165, 1.54) is 50.9 Å². The number of hydrogen-bond donors (Lipinski definition) is 1. The van der Waals surface area contributed by atoms with E-state index in [1.807, 2.05) is 0 Å². The molecule has 1 aromatic rings. The third-order valence-electron chi connectivity index (χ3n) is 6.84. The summed E-state index contributed by atoms with van der Waals surface area (Å²) in [7, 11) is 0. The highest BCUT2D eigenvalue weighted by Crippen LogP contribution is 2.45. The highest BCUT2D eigenvalue weighted by atomic mass is 16.5. The van der Waals surface area contributed by atoms with E-state index in [4.69, 9.17) is 9.47 Å². The molecule has 0 bridgehead atoms. The first kappa shape index (κ1) is 17.0. The summed E-state index contributed by atoms with van der Waals surface area (Å²) in [5.74, 6) is 2.10. The molecule has 1 N–H and O–H groups in total. The van der Waals surface area contributed by atoms with Crippen LogP contribution >= 0.6 is 0 Å². The van der Waals surface area contributed by atoms with Crippen molar-refractivity contribution in [1.82, 2.24) is 10.2 Å². The van der Waals surface area contributed by atoms with Crippen LogP contribution in [0.4, 0.5) is 0 Å². The van der Waals surface area contributed by atoms with Crippen LogP contribution in [0.5, 0.6) is 5.75 Å². The lowest BCUT2D eigenvalue weighted by molar-refractivity contribution is -0.0291. The summed E-state index contributed by atoms with van der Waals surface area (Å²) in [4.78, 5) is 2.67. The van der Waals surface area contributed by atoms with Crippen LogP contribution in [0.15, 0.2) is 24.3 Å². The third kappa shape index (κ3) is 3.64. The fourth-order valence-corrected chi connectivity index (χ4v) is 5.03. The van der Waals surface area contributed by atoms with Crippen LogP contribution in [-0.4, -0.2) is 49.4 Å². The molecule has 3 fully saturated rings. The molecule has 1 atom stereocenters. The number of piperidine rings is 1. The molecular formula is C22H32N2O2. The van der Waals surface area contributed by atoms with Crippen molar-refractivity contribution in [2.24, 2.45) is 5.92 Å². The van der Waals surface area contributed by atoms with Gasteiger partial charge in [-0.15, -0.1) is 0 Å². The van der Waals surface area contributed by atoms with Crippen molar-refractivity contribution in [3.05, 3.63) is 29.8 Å². The van der Waals surface area contributed by atoms with Gasteiger partial charge in [0.1, 0.15) is 11.4 Å². The average molecular weight is 357 g/mol. The maximum atomic E-state index is 6.66. The molecule has 1 saturated carbocycles. The molecule has 3 heterocycles. The largest absolute Gasteiger partial charge is 0.487 e. The predicted molar refractivity (Wildman–Crippen MR) is 103 cm³/mol. The van der Waals surface area contributed by atoms with E-state index < -0.39 is 0 Å². The molecule has 1 unspecified atom stereocenters. The number of para-hydroxylation sites is 1. The first-order valence-corrected chi connectivity index (χ1v) is 10.6. The summed E-state index contributed by atoms with van der Waals surface area (Å²) in [6, 6.07) is 9.68. The zero-order valence-electron chi connectivity index (χ0n) is 15.8. The second-order valence-electron chi connectivity index (χ2n) is 8.88. The van der Waals surface area contributed by atoms with Crippen LogP contribution in [0.25, 0.3) is 0 Å². The lowest BCUT2D eigenvalue weighted by Crippen LogP contribution is -2.53. The molecule has 0 aromatic heterocycles. The Morgan fingerprint density at radius 3 is 2.58 bits per heavy atom. The van der Waals surface area contributed by atoms with Crippen LogP contribution in [0, 0.1) is 5.92 Å². The monoisotopic (exact) mass is 356 g/mol. The number of nitrogens with zero attached hydrogens (tertiary/aromatic N) is 1. The van der Waals surface area contributed by atoms with E-state index in [0.717, 1.165) is 44.1 Å². The van der Waals surface area contributed by atoms with E-state index >= 15 is 0 Å². The molecule has 0 radical (unpaired) electrons.